The van der Waals surface area contributed by atoms with E-state index in [4.69, 9.17) is 0 Å². The van der Waals surface area contributed by atoms with E-state index in [9.17, 15) is 4.79 Å². The normalized spacial score (nSPS) is 19.2. The van der Waals surface area contributed by atoms with Gasteiger partial charge < -0.3 is 15.2 Å². The molecular formula is C33H29N3O. The van der Waals surface area contributed by atoms with Gasteiger partial charge in [0.2, 0.25) is 0 Å². The smallest absolute Gasteiger partial charge is 0.163 e. The number of allylic oxidation sites excluding steroid dienone is 1. The first-order valence-electron chi connectivity index (χ1n) is 13.2. The number of carbonyl (C=O) groups is 1. The van der Waals surface area contributed by atoms with Crippen molar-refractivity contribution in [2.75, 3.05) is 10.6 Å². The summed E-state index contributed by atoms with van der Waals surface area (Å²) in [7, 11) is 0. The highest BCUT2D eigenvalue weighted by Gasteiger charge is 2.36. The summed E-state index contributed by atoms with van der Waals surface area (Å²) in [5.41, 5.74) is 8.74. The zero-order valence-electron chi connectivity index (χ0n) is 20.9. The molecule has 1 aromatic heterocycles. The predicted octanol–water partition coefficient (Wildman–Crippen LogP) is 7.79. The lowest BCUT2D eigenvalue weighted by atomic mass is 9.78. The summed E-state index contributed by atoms with van der Waals surface area (Å²) in [4.78, 5) is 13.9. The van der Waals surface area contributed by atoms with Crippen LogP contribution in [-0.2, 0) is 11.3 Å². The molecule has 4 aromatic carbocycles. The van der Waals surface area contributed by atoms with Gasteiger partial charge in [0.15, 0.2) is 5.78 Å². The van der Waals surface area contributed by atoms with Crippen LogP contribution >= 0.6 is 0 Å². The second-order valence-electron chi connectivity index (χ2n) is 10.1. The Balaban J connectivity index is 1.40. The lowest BCUT2D eigenvalue weighted by molar-refractivity contribution is -0.116. The van der Waals surface area contributed by atoms with Gasteiger partial charge in [0.1, 0.15) is 0 Å². The number of nitrogens with one attached hydrogen (secondary N) is 2. The molecule has 0 spiro atoms. The molecule has 0 bridgehead atoms. The fraction of sp³-hybridized carbons (Fsp3) is 0.182. The number of rotatable bonds is 3. The van der Waals surface area contributed by atoms with Crippen molar-refractivity contribution in [2.45, 2.75) is 38.3 Å². The highest BCUT2D eigenvalue weighted by atomic mass is 16.1. The molecule has 7 rings (SSSR count). The molecule has 2 atom stereocenters. The standard InChI is InChI=1S/C33H29N3O/c1-2-36-29-15-9-6-12-24(29)25-18-22(16-17-30(25)36)33-32-28(34-26-13-7-8-14-27(26)35-33)19-23(20-31(32)37)21-10-4-3-5-11-21/h3-18,23,33-35H,2,19-20H2,1H3/t23-,33-/m1/s1. The second-order valence-corrected chi connectivity index (χ2v) is 10.1. The zero-order chi connectivity index (χ0) is 24.9. The van der Waals surface area contributed by atoms with E-state index in [0.29, 0.717) is 6.42 Å². The number of hydrogen-bond acceptors (Lipinski definition) is 3. The van der Waals surface area contributed by atoms with Crippen molar-refractivity contribution >= 4 is 39.0 Å². The monoisotopic (exact) mass is 483 g/mol. The maximum Gasteiger partial charge on any atom is 0.163 e. The van der Waals surface area contributed by atoms with Crippen LogP contribution in [-0.4, -0.2) is 10.4 Å². The van der Waals surface area contributed by atoms with Gasteiger partial charge >= 0.3 is 0 Å². The molecular weight excluding hydrogens is 454 g/mol. The van der Waals surface area contributed by atoms with Gasteiger partial charge in [-0.25, -0.2) is 0 Å². The van der Waals surface area contributed by atoms with Crippen molar-refractivity contribution in [3.63, 3.8) is 0 Å². The Labute approximate surface area is 216 Å². The molecule has 0 amide bonds. The van der Waals surface area contributed by atoms with Crippen LogP contribution in [0.15, 0.2) is 108 Å². The summed E-state index contributed by atoms with van der Waals surface area (Å²) in [5, 5.41) is 9.89. The number of ketones is 1. The molecule has 1 aliphatic heterocycles. The molecule has 37 heavy (non-hydrogen) atoms. The van der Waals surface area contributed by atoms with E-state index in [1.807, 2.05) is 18.2 Å². The van der Waals surface area contributed by atoms with E-state index < -0.39 is 0 Å². The fourth-order valence-corrected chi connectivity index (χ4v) is 6.29. The number of benzene rings is 4. The fourth-order valence-electron chi connectivity index (χ4n) is 6.29. The first-order valence-corrected chi connectivity index (χ1v) is 13.2. The van der Waals surface area contributed by atoms with Gasteiger partial charge in [-0.1, -0.05) is 66.7 Å². The molecule has 0 radical (unpaired) electrons. The molecule has 1 aliphatic carbocycles. The number of nitrogens with zero attached hydrogens (tertiary/aromatic N) is 1. The molecule has 0 saturated carbocycles. The minimum atomic E-state index is -0.219. The summed E-state index contributed by atoms with van der Waals surface area (Å²) in [6.07, 6.45) is 1.34. The molecule has 0 fully saturated rings. The number of anilines is 2. The Morgan fingerprint density at radius 1 is 0.757 bits per heavy atom. The lowest BCUT2D eigenvalue weighted by Gasteiger charge is -2.30. The van der Waals surface area contributed by atoms with Gasteiger partial charge in [0.05, 0.1) is 17.4 Å². The first kappa shape index (κ1) is 21.9. The van der Waals surface area contributed by atoms with Crippen LogP contribution in [0.2, 0.25) is 0 Å². The molecule has 2 N–H and O–H groups in total. The summed E-state index contributed by atoms with van der Waals surface area (Å²) < 4.78 is 2.37. The zero-order valence-corrected chi connectivity index (χ0v) is 20.9. The molecule has 5 aromatic rings. The number of carbonyl (C=O) groups excluding carboxylic acids is 1. The third-order valence-electron chi connectivity index (χ3n) is 8.03. The van der Waals surface area contributed by atoms with Gasteiger partial charge in [-0.15, -0.1) is 0 Å². The molecule has 2 heterocycles. The summed E-state index contributed by atoms with van der Waals surface area (Å²) in [5.74, 6) is 0.389. The van der Waals surface area contributed by atoms with E-state index in [2.05, 4.69) is 101 Å². The van der Waals surface area contributed by atoms with Crippen molar-refractivity contribution in [2.24, 2.45) is 0 Å². The summed E-state index contributed by atoms with van der Waals surface area (Å²) >= 11 is 0. The second kappa shape index (κ2) is 8.67. The number of Topliss-reactive ketones (excluding diaryl/α,β-unsaturated/α-hetero) is 1. The predicted molar refractivity (Wildman–Crippen MR) is 152 cm³/mol. The maximum absolute atomic E-state index is 13.9. The third-order valence-corrected chi connectivity index (χ3v) is 8.03. The molecule has 2 aliphatic rings. The SMILES string of the molecule is CCn1c2ccccc2c2cc([C@H]3Nc4ccccc4NC4=C3C(=O)C[C@H](c3ccccc3)C4)ccc21. The first-order chi connectivity index (χ1) is 18.2. The Hall–Kier alpha value is -4.31. The van der Waals surface area contributed by atoms with E-state index >= 15 is 0 Å². The van der Waals surface area contributed by atoms with Crippen LogP contribution in [0.1, 0.15) is 42.9 Å². The van der Waals surface area contributed by atoms with Gasteiger partial charge in [-0.3, -0.25) is 4.79 Å². The van der Waals surface area contributed by atoms with Crippen LogP contribution in [0, 0.1) is 0 Å². The number of hydrogen-bond donors (Lipinski definition) is 2. The quantitative estimate of drug-likeness (QED) is 0.275. The van der Waals surface area contributed by atoms with Crippen molar-refractivity contribution in [1.82, 2.24) is 4.57 Å². The minimum Gasteiger partial charge on any atom is -0.372 e. The van der Waals surface area contributed by atoms with Gasteiger partial charge in [-0.2, -0.15) is 0 Å². The van der Waals surface area contributed by atoms with E-state index in [0.717, 1.165) is 41.2 Å². The highest BCUT2D eigenvalue weighted by Crippen LogP contribution is 2.45. The lowest BCUT2D eigenvalue weighted by Crippen LogP contribution is -2.26. The largest absolute Gasteiger partial charge is 0.372 e. The van der Waals surface area contributed by atoms with Crippen LogP contribution in [0.4, 0.5) is 11.4 Å². The van der Waals surface area contributed by atoms with Crippen LogP contribution in [0.25, 0.3) is 21.8 Å². The average molecular weight is 484 g/mol. The molecule has 182 valence electrons. The number of aryl methyl sites for hydroxylation is 1. The van der Waals surface area contributed by atoms with Gasteiger partial charge in [0, 0.05) is 46.0 Å². The van der Waals surface area contributed by atoms with Gasteiger partial charge in [0.25, 0.3) is 0 Å². The van der Waals surface area contributed by atoms with Crippen molar-refractivity contribution < 1.29 is 4.79 Å². The van der Waals surface area contributed by atoms with Crippen LogP contribution in [0.3, 0.4) is 0 Å². The number of para-hydroxylation sites is 3. The Kier molecular flexibility index (Phi) is 5.14. The van der Waals surface area contributed by atoms with Crippen molar-refractivity contribution in [3.05, 3.63) is 119 Å². The van der Waals surface area contributed by atoms with E-state index in [-0.39, 0.29) is 17.7 Å². The topological polar surface area (TPSA) is 46.1 Å². The van der Waals surface area contributed by atoms with E-state index in [1.54, 1.807) is 0 Å². The molecule has 4 heteroatoms. The Morgan fingerprint density at radius 2 is 1.49 bits per heavy atom. The third kappa shape index (κ3) is 3.55. The molecule has 4 nitrogen and oxygen atoms in total. The number of aromatic nitrogens is 1. The molecule has 0 saturated heterocycles. The number of fused-ring (bicyclic) bond motifs is 4. The van der Waals surface area contributed by atoms with Crippen molar-refractivity contribution in [1.29, 1.82) is 0 Å². The van der Waals surface area contributed by atoms with Crippen LogP contribution < -0.4 is 10.6 Å². The maximum atomic E-state index is 13.9. The average Bonchev–Trinajstić information content (AvgIpc) is 3.15. The molecule has 0 unspecified atom stereocenters. The highest BCUT2D eigenvalue weighted by molar-refractivity contribution is 6.08. The van der Waals surface area contributed by atoms with Crippen molar-refractivity contribution in [3.8, 4) is 0 Å². The van der Waals surface area contributed by atoms with Gasteiger partial charge in [-0.05, 0) is 60.7 Å². The Bertz CT molecular complexity index is 1700. The minimum absolute atomic E-state index is 0.177. The Morgan fingerprint density at radius 3 is 2.32 bits per heavy atom. The summed E-state index contributed by atoms with van der Waals surface area (Å²) in [6.45, 7) is 3.10. The van der Waals surface area contributed by atoms with E-state index in [1.165, 1.54) is 27.4 Å². The van der Waals surface area contributed by atoms with Crippen LogP contribution in [0.5, 0.6) is 0 Å². The summed E-state index contributed by atoms with van der Waals surface area (Å²) in [6, 6.07) is 33.8.